The summed E-state index contributed by atoms with van der Waals surface area (Å²) in [6.07, 6.45) is 7.10. The molecule has 1 saturated heterocycles. The summed E-state index contributed by atoms with van der Waals surface area (Å²) in [5.41, 5.74) is 1.44. The number of halogens is 1. The Morgan fingerprint density at radius 1 is 1.42 bits per heavy atom. The van der Waals surface area contributed by atoms with Gasteiger partial charge in [-0.05, 0) is 44.0 Å². The predicted molar refractivity (Wildman–Crippen MR) is 80.5 cm³/mol. The van der Waals surface area contributed by atoms with Crippen molar-refractivity contribution in [3.05, 3.63) is 29.0 Å². The molecule has 106 valence electrons. The van der Waals surface area contributed by atoms with Gasteiger partial charge in [0.15, 0.2) is 0 Å². The third kappa shape index (κ3) is 3.68. The predicted octanol–water partition coefficient (Wildman–Crippen LogP) is 3.09. The van der Waals surface area contributed by atoms with Crippen molar-refractivity contribution >= 4 is 11.6 Å². The largest absolute Gasteiger partial charge is 0.310 e. The maximum atomic E-state index is 6.22. The molecule has 0 bridgehead atoms. The Hall–Kier alpha value is -0.640. The third-order valence-corrected chi connectivity index (χ3v) is 4.62. The second-order valence-corrected chi connectivity index (χ2v) is 5.85. The van der Waals surface area contributed by atoms with Crippen molar-refractivity contribution in [2.24, 2.45) is 0 Å². The molecule has 1 fully saturated rings. The zero-order valence-electron chi connectivity index (χ0n) is 12.0. The fourth-order valence-electron chi connectivity index (χ4n) is 2.85. The molecule has 1 aliphatic rings. The monoisotopic (exact) mass is 281 g/mol. The smallest absolute Gasteiger partial charge is 0.0634 e. The Morgan fingerprint density at radius 3 is 2.89 bits per heavy atom. The van der Waals surface area contributed by atoms with Gasteiger partial charge in [-0.25, -0.2) is 0 Å². The van der Waals surface area contributed by atoms with E-state index in [2.05, 4.69) is 29.0 Å². The summed E-state index contributed by atoms with van der Waals surface area (Å²) in [6, 6.07) is 2.03. The van der Waals surface area contributed by atoms with Crippen LogP contribution in [-0.4, -0.2) is 35.1 Å². The summed E-state index contributed by atoms with van der Waals surface area (Å²) in [4.78, 5) is 6.58. The van der Waals surface area contributed by atoms with Gasteiger partial charge in [-0.2, -0.15) is 0 Å². The van der Waals surface area contributed by atoms with Crippen LogP contribution in [0.4, 0.5) is 0 Å². The van der Waals surface area contributed by atoms with Crippen LogP contribution >= 0.6 is 11.6 Å². The molecule has 2 heterocycles. The fourth-order valence-corrected chi connectivity index (χ4v) is 3.03. The molecule has 19 heavy (non-hydrogen) atoms. The highest BCUT2D eigenvalue weighted by Crippen LogP contribution is 2.22. The second kappa shape index (κ2) is 6.69. The Kier molecular flexibility index (Phi) is 5.20. The minimum absolute atomic E-state index is 0.260. The molecule has 0 spiro atoms. The van der Waals surface area contributed by atoms with Crippen molar-refractivity contribution in [3.63, 3.8) is 0 Å². The van der Waals surface area contributed by atoms with Gasteiger partial charge in [0.2, 0.25) is 0 Å². The molecule has 2 rings (SSSR count). The lowest BCUT2D eigenvalue weighted by molar-refractivity contribution is 0.191. The van der Waals surface area contributed by atoms with Crippen LogP contribution in [-0.2, 0) is 6.54 Å². The number of nitrogens with zero attached hydrogens (tertiary/aromatic N) is 2. The van der Waals surface area contributed by atoms with E-state index in [1.165, 1.54) is 24.8 Å². The van der Waals surface area contributed by atoms with E-state index in [4.69, 9.17) is 11.6 Å². The molecular formula is C15H24ClN3. The first-order valence-electron chi connectivity index (χ1n) is 7.25. The van der Waals surface area contributed by atoms with Crippen LogP contribution in [0.5, 0.6) is 0 Å². The Balaban J connectivity index is 2.09. The molecule has 0 atom stereocenters. The molecule has 1 aromatic rings. The number of hydrogen-bond donors (Lipinski definition) is 1. The Morgan fingerprint density at radius 2 is 2.21 bits per heavy atom. The van der Waals surface area contributed by atoms with Gasteiger partial charge in [0.05, 0.1) is 5.02 Å². The van der Waals surface area contributed by atoms with E-state index in [9.17, 15) is 0 Å². The van der Waals surface area contributed by atoms with Crippen molar-refractivity contribution in [3.8, 4) is 0 Å². The summed E-state index contributed by atoms with van der Waals surface area (Å²) in [6.45, 7) is 8.82. The first-order chi connectivity index (χ1) is 9.19. The molecule has 0 aliphatic carbocycles. The lowest BCUT2D eigenvalue weighted by atomic mass is 9.92. The second-order valence-electron chi connectivity index (χ2n) is 5.45. The highest BCUT2D eigenvalue weighted by atomic mass is 35.5. The zero-order chi connectivity index (χ0) is 13.7. The summed E-state index contributed by atoms with van der Waals surface area (Å²) < 4.78 is 0. The summed E-state index contributed by atoms with van der Waals surface area (Å²) in [5, 5.41) is 4.51. The molecule has 0 aromatic carbocycles. The number of aromatic nitrogens is 1. The average molecular weight is 282 g/mol. The third-order valence-electron chi connectivity index (χ3n) is 4.28. The molecule has 0 unspecified atom stereocenters. The highest BCUT2D eigenvalue weighted by Gasteiger charge is 2.30. The van der Waals surface area contributed by atoms with Gasteiger partial charge in [-0.3, -0.25) is 9.88 Å². The molecule has 0 radical (unpaired) electrons. The van der Waals surface area contributed by atoms with Crippen LogP contribution in [0.15, 0.2) is 18.5 Å². The molecule has 1 aromatic heterocycles. The highest BCUT2D eigenvalue weighted by molar-refractivity contribution is 6.31. The van der Waals surface area contributed by atoms with Crippen molar-refractivity contribution in [1.82, 2.24) is 15.2 Å². The van der Waals surface area contributed by atoms with E-state index in [-0.39, 0.29) is 5.54 Å². The van der Waals surface area contributed by atoms with Crippen molar-refractivity contribution in [2.45, 2.75) is 45.2 Å². The van der Waals surface area contributed by atoms with E-state index in [1.54, 1.807) is 6.20 Å². The minimum atomic E-state index is 0.260. The van der Waals surface area contributed by atoms with E-state index >= 15 is 0 Å². The van der Waals surface area contributed by atoms with Gasteiger partial charge in [-0.15, -0.1) is 0 Å². The number of rotatable bonds is 4. The summed E-state index contributed by atoms with van der Waals surface area (Å²) in [7, 11) is 0. The van der Waals surface area contributed by atoms with Crippen molar-refractivity contribution < 1.29 is 0 Å². The van der Waals surface area contributed by atoms with Gasteiger partial charge < -0.3 is 5.32 Å². The Labute approximate surface area is 121 Å². The number of hydrogen-bond acceptors (Lipinski definition) is 3. The average Bonchev–Trinajstić information content (AvgIpc) is 2.64. The van der Waals surface area contributed by atoms with Crippen molar-refractivity contribution in [1.29, 1.82) is 0 Å². The number of nitrogens with one attached hydrogen (secondary N) is 1. The van der Waals surface area contributed by atoms with Crippen LogP contribution in [0.3, 0.4) is 0 Å². The van der Waals surface area contributed by atoms with Crippen LogP contribution in [0.1, 0.15) is 38.7 Å². The van der Waals surface area contributed by atoms with E-state index < -0.39 is 0 Å². The SMILES string of the molecule is CCC1(CC)CN(Cc2ccncc2Cl)CCCN1. The lowest BCUT2D eigenvalue weighted by Gasteiger charge is -2.35. The molecular weight excluding hydrogens is 258 g/mol. The van der Waals surface area contributed by atoms with E-state index in [0.717, 1.165) is 31.2 Å². The molecule has 4 heteroatoms. The molecule has 0 amide bonds. The van der Waals surface area contributed by atoms with Crippen LogP contribution in [0.2, 0.25) is 5.02 Å². The lowest BCUT2D eigenvalue weighted by Crippen LogP contribution is -2.50. The van der Waals surface area contributed by atoms with Gasteiger partial charge >= 0.3 is 0 Å². The standard InChI is InChI=1S/C15H24ClN3/c1-3-15(4-2)12-19(9-5-7-18-15)11-13-6-8-17-10-14(13)16/h6,8,10,18H,3-5,7,9,11-12H2,1-2H3. The van der Waals surface area contributed by atoms with Gasteiger partial charge in [0.1, 0.15) is 0 Å². The van der Waals surface area contributed by atoms with Crippen LogP contribution < -0.4 is 5.32 Å². The first kappa shape index (κ1) is 14.8. The van der Waals surface area contributed by atoms with Crippen molar-refractivity contribution in [2.75, 3.05) is 19.6 Å². The summed E-state index contributed by atoms with van der Waals surface area (Å²) >= 11 is 6.22. The molecule has 3 nitrogen and oxygen atoms in total. The van der Waals surface area contributed by atoms with Gasteiger partial charge in [0.25, 0.3) is 0 Å². The Bertz CT molecular complexity index is 404. The molecule has 0 saturated carbocycles. The normalized spacial score (nSPS) is 20.2. The van der Waals surface area contributed by atoms with E-state index in [0.29, 0.717) is 0 Å². The van der Waals surface area contributed by atoms with Gasteiger partial charge in [-0.1, -0.05) is 25.4 Å². The zero-order valence-corrected chi connectivity index (χ0v) is 12.7. The maximum Gasteiger partial charge on any atom is 0.0634 e. The van der Waals surface area contributed by atoms with Crippen LogP contribution in [0, 0.1) is 0 Å². The molecule has 1 N–H and O–H groups in total. The quantitative estimate of drug-likeness (QED) is 0.919. The minimum Gasteiger partial charge on any atom is -0.310 e. The first-order valence-corrected chi connectivity index (χ1v) is 7.62. The topological polar surface area (TPSA) is 28.2 Å². The maximum absolute atomic E-state index is 6.22. The summed E-state index contributed by atoms with van der Waals surface area (Å²) in [5.74, 6) is 0. The molecule has 1 aliphatic heterocycles. The number of pyridine rings is 1. The fraction of sp³-hybridized carbons (Fsp3) is 0.667. The van der Waals surface area contributed by atoms with Crippen LogP contribution in [0.25, 0.3) is 0 Å². The van der Waals surface area contributed by atoms with E-state index in [1.807, 2.05) is 12.3 Å². The van der Waals surface area contributed by atoms with Gasteiger partial charge in [0, 0.05) is 31.0 Å².